The summed E-state index contributed by atoms with van der Waals surface area (Å²) in [5.74, 6) is 3.51. The monoisotopic (exact) mass is 786 g/mol. The Kier molecular flexibility index (Phi) is 10.6. The van der Waals surface area contributed by atoms with Gasteiger partial charge in [0.25, 0.3) is 0 Å². The third kappa shape index (κ3) is 6.68. The quantitative estimate of drug-likeness (QED) is 0.242. The topological polar surface area (TPSA) is 133 Å². The first-order valence-corrected chi connectivity index (χ1v) is 23.8. The van der Waals surface area contributed by atoms with E-state index in [4.69, 9.17) is 4.74 Å². The van der Waals surface area contributed by atoms with Gasteiger partial charge in [0.05, 0.1) is 35.2 Å². The van der Waals surface area contributed by atoms with E-state index in [0.717, 1.165) is 37.8 Å². The van der Waals surface area contributed by atoms with E-state index in [1.807, 2.05) is 0 Å². The minimum absolute atomic E-state index is 0.244. The standard InChI is InChI=1S/C46H66N4O5S/c1-32-35(34-9-17-45(18-10-34,41(51)52)21-27-55-40-30-33(31-47)13-22-48-40)11-15-42(2)36(32)12-16-44(4)39(42)8-7-37-38-6-5-14-46(38,20-19-43(37,44)3)49-23-24-50-25-28-56(53,54)29-26-50/h9,11,13,22,30,32,36-39,49H,5-8,10,12,14-21,23-29H2,1-4H3,(H,51,52)/t32?,36?,37?,38-,39?,42?,43-,44?,45?,46?/m1/s1. The number of carboxylic acid groups (broad SMARTS) is 1. The van der Waals surface area contributed by atoms with Crippen molar-refractivity contribution < 1.29 is 23.1 Å². The van der Waals surface area contributed by atoms with Gasteiger partial charge in [0.1, 0.15) is 0 Å². The van der Waals surface area contributed by atoms with Crippen LogP contribution < -0.4 is 10.1 Å². The highest BCUT2D eigenvalue weighted by Crippen LogP contribution is 2.75. The van der Waals surface area contributed by atoms with E-state index in [0.29, 0.717) is 83.9 Å². The van der Waals surface area contributed by atoms with Gasteiger partial charge in [-0.1, -0.05) is 46.3 Å². The van der Waals surface area contributed by atoms with E-state index in [1.165, 1.54) is 68.9 Å². The van der Waals surface area contributed by atoms with Gasteiger partial charge in [0.15, 0.2) is 9.84 Å². The van der Waals surface area contributed by atoms with Crippen LogP contribution in [0.1, 0.15) is 123 Å². The molecule has 56 heavy (non-hydrogen) atoms. The SMILES string of the molecule is CC1C(C2=CCC(CCOc3cc(C#N)ccn3)(C(=O)O)CC2)=CCC2(C)C1CCC1(C)C2CCC2[C@H]3CCCC3(NCCN3CCS(=O)(=O)CC3)CC[C@]21C. The van der Waals surface area contributed by atoms with Crippen molar-refractivity contribution >= 4 is 15.8 Å². The Morgan fingerprint density at radius 3 is 2.54 bits per heavy atom. The average Bonchev–Trinajstić information content (AvgIpc) is 3.60. The molecule has 0 spiro atoms. The van der Waals surface area contributed by atoms with Gasteiger partial charge in [-0.2, -0.15) is 5.26 Å². The van der Waals surface area contributed by atoms with Gasteiger partial charge in [-0.3, -0.25) is 4.79 Å². The number of fused-ring (bicyclic) bond motifs is 7. The number of carbonyl (C=O) groups is 1. The Labute approximate surface area is 336 Å². The van der Waals surface area contributed by atoms with Gasteiger partial charge in [-0.15, -0.1) is 0 Å². The van der Waals surface area contributed by atoms with Crippen LogP contribution in [-0.4, -0.2) is 79.2 Å². The summed E-state index contributed by atoms with van der Waals surface area (Å²) < 4.78 is 29.8. The van der Waals surface area contributed by atoms with E-state index in [2.05, 4.69) is 61.1 Å². The molecule has 1 aromatic rings. The lowest BCUT2D eigenvalue weighted by molar-refractivity contribution is -0.212. The highest BCUT2D eigenvalue weighted by atomic mass is 32.2. The lowest BCUT2D eigenvalue weighted by atomic mass is 9.34. The van der Waals surface area contributed by atoms with Crippen LogP contribution in [0.4, 0.5) is 0 Å². The Morgan fingerprint density at radius 2 is 1.80 bits per heavy atom. The Morgan fingerprint density at radius 1 is 1.00 bits per heavy atom. The largest absolute Gasteiger partial charge is 0.481 e. The molecule has 306 valence electrons. The van der Waals surface area contributed by atoms with E-state index in [-0.39, 0.29) is 17.6 Å². The normalized spacial score (nSPS) is 41.8. The molecule has 4 saturated carbocycles. The fraction of sp³-hybridized carbons (Fsp3) is 0.761. The fourth-order valence-electron chi connectivity index (χ4n) is 14.6. The zero-order chi connectivity index (χ0) is 39.6. The number of nitrogens with zero attached hydrogens (tertiary/aromatic N) is 3. The van der Waals surface area contributed by atoms with Crippen LogP contribution in [0.15, 0.2) is 41.6 Å². The smallest absolute Gasteiger partial charge is 0.310 e. The van der Waals surface area contributed by atoms with E-state index >= 15 is 0 Å². The van der Waals surface area contributed by atoms with Crippen molar-refractivity contribution in [2.24, 2.45) is 51.2 Å². The molecule has 2 N–H and O–H groups in total. The number of nitrogens with one attached hydrogen (secondary N) is 1. The van der Waals surface area contributed by atoms with Crippen LogP contribution in [0.2, 0.25) is 0 Å². The zero-order valence-electron chi connectivity index (χ0n) is 34.5. The summed E-state index contributed by atoms with van der Waals surface area (Å²) in [5, 5.41) is 23.8. The molecule has 0 amide bonds. The minimum atomic E-state index is -2.85. The third-order valence-corrected chi connectivity index (χ3v) is 19.6. The maximum atomic E-state index is 12.7. The second-order valence-electron chi connectivity index (χ2n) is 20.1. The Bertz CT molecular complexity index is 1890. The van der Waals surface area contributed by atoms with E-state index < -0.39 is 21.2 Å². The first-order valence-electron chi connectivity index (χ1n) is 22.0. The molecule has 2 heterocycles. The molecule has 8 rings (SSSR count). The van der Waals surface area contributed by atoms with Crippen molar-refractivity contribution in [3.8, 4) is 11.9 Å². The van der Waals surface area contributed by atoms with E-state index in [9.17, 15) is 23.6 Å². The van der Waals surface area contributed by atoms with E-state index in [1.54, 1.807) is 18.3 Å². The molecule has 6 aliphatic carbocycles. The van der Waals surface area contributed by atoms with Crippen molar-refractivity contribution in [2.75, 3.05) is 44.3 Å². The second kappa shape index (κ2) is 14.8. The zero-order valence-corrected chi connectivity index (χ0v) is 35.3. The first kappa shape index (κ1) is 40.1. The number of allylic oxidation sites excluding steroid dienone is 4. The Balaban J connectivity index is 0.936. The van der Waals surface area contributed by atoms with Crippen LogP contribution in [0.3, 0.4) is 0 Å². The summed E-state index contributed by atoms with van der Waals surface area (Å²) >= 11 is 0. The highest BCUT2D eigenvalue weighted by molar-refractivity contribution is 7.91. The number of aliphatic carboxylic acids is 1. The summed E-state index contributed by atoms with van der Waals surface area (Å²) in [4.78, 5) is 19.3. The van der Waals surface area contributed by atoms with Crippen molar-refractivity contribution in [3.05, 3.63) is 47.2 Å². The van der Waals surface area contributed by atoms with Gasteiger partial charge in [0, 0.05) is 44.0 Å². The number of aromatic nitrogens is 1. The average molecular weight is 787 g/mol. The number of sulfone groups is 1. The van der Waals surface area contributed by atoms with Crippen LogP contribution in [-0.2, 0) is 14.6 Å². The van der Waals surface area contributed by atoms with Crippen molar-refractivity contribution in [1.82, 2.24) is 15.2 Å². The third-order valence-electron chi connectivity index (χ3n) is 18.0. The summed E-state index contributed by atoms with van der Waals surface area (Å²) in [5.41, 5.74) is 3.64. The molecular formula is C46H66N4O5S. The molecule has 8 unspecified atom stereocenters. The van der Waals surface area contributed by atoms with Gasteiger partial charge in [-0.25, -0.2) is 13.4 Å². The summed E-state index contributed by atoms with van der Waals surface area (Å²) in [6.45, 7) is 14.1. The lowest BCUT2D eigenvalue weighted by Gasteiger charge is -2.71. The molecule has 10 atom stereocenters. The fourth-order valence-corrected chi connectivity index (χ4v) is 15.8. The maximum Gasteiger partial charge on any atom is 0.310 e. The molecule has 10 heteroatoms. The molecule has 1 aromatic heterocycles. The first-order chi connectivity index (χ1) is 26.7. The van der Waals surface area contributed by atoms with Crippen LogP contribution >= 0.6 is 0 Å². The maximum absolute atomic E-state index is 12.7. The lowest BCUT2D eigenvalue weighted by Crippen LogP contribution is -2.67. The van der Waals surface area contributed by atoms with Gasteiger partial charge >= 0.3 is 5.97 Å². The van der Waals surface area contributed by atoms with Crippen molar-refractivity contribution in [1.29, 1.82) is 5.26 Å². The number of carboxylic acids is 1. The Hall–Kier alpha value is -2.74. The summed E-state index contributed by atoms with van der Waals surface area (Å²) in [6, 6.07) is 5.33. The van der Waals surface area contributed by atoms with Gasteiger partial charge < -0.3 is 20.1 Å². The molecule has 0 bridgehead atoms. The second-order valence-corrected chi connectivity index (χ2v) is 22.4. The van der Waals surface area contributed by atoms with Crippen LogP contribution in [0.5, 0.6) is 5.88 Å². The molecule has 1 saturated heterocycles. The molecule has 9 nitrogen and oxygen atoms in total. The molecule has 0 radical (unpaired) electrons. The van der Waals surface area contributed by atoms with Crippen molar-refractivity contribution in [2.45, 2.75) is 123 Å². The number of ether oxygens (including phenoxy) is 1. The number of hydrogen-bond donors (Lipinski definition) is 2. The predicted molar refractivity (Wildman–Crippen MR) is 219 cm³/mol. The number of hydrogen-bond acceptors (Lipinski definition) is 8. The van der Waals surface area contributed by atoms with Crippen LogP contribution in [0, 0.1) is 62.6 Å². The molecular weight excluding hydrogens is 721 g/mol. The molecule has 7 aliphatic rings. The number of pyridine rings is 1. The predicted octanol–water partition coefficient (Wildman–Crippen LogP) is 7.98. The van der Waals surface area contributed by atoms with Crippen molar-refractivity contribution in [3.63, 3.8) is 0 Å². The summed E-state index contributed by atoms with van der Waals surface area (Å²) in [7, 11) is -2.85. The van der Waals surface area contributed by atoms with Gasteiger partial charge in [0.2, 0.25) is 5.88 Å². The molecule has 0 aromatic carbocycles. The molecule has 1 aliphatic heterocycles. The summed E-state index contributed by atoms with van der Waals surface area (Å²) in [6.07, 6.45) is 21.6. The number of nitriles is 1. The highest BCUT2D eigenvalue weighted by Gasteiger charge is 2.68. The molecule has 5 fully saturated rings. The van der Waals surface area contributed by atoms with Gasteiger partial charge in [-0.05, 0) is 147 Å². The number of rotatable bonds is 10. The minimum Gasteiger partial charge on any atom is -0.481 e. The van der Waals surface area contributed by atoms with Crippen LogP contribution in [0.25, 0.3) is 0 Å².